The van der Waals surface area contributed by atoms with Gasteiger partial charge in [-0.3, -0.25) is 0 Å². The smallest absolute Gasteiger partial charge is 0.318 e. The highest BCUT2D eigenvalue weighted by Gasteiger charge is 2.28. The summed E-state index contributed by atoms with van der Waals surface area (Å²) < 4.78 is 4.97. The van der Waals surface area contributed by atoms with Gasteiger partial charge in [0.25, 0.3) is 0 Å². The summed E-state index contributed by atoms with van der Waals surface area (Å²) in [5.41, 5.74) is 0. The van der Waals surface area contributed by atoms with Crippen molar-refractivity contribution in [2.24, 2.45) is 0 Å². The molecule has 2 amide bonds. The summed E-state index contributed by atoms with van der Waals surface area (Å²) in [6.45, 7) is 4.54. The Bertz CT molecular complexity index is 461. The van der Waals surface area contributed by atoms with Crippen LogP contribution in [0.25, 0.3) is 0 Å². The van der Waals surface area contributed by atoms with Gasteiger partial charge in [0.2, 0.25) is 5.89 Å². The second kappa shape index (κ2) is 7.40. The second-order valence-corrected chi connectivity index (χ2v) is 5.44. The zero-order valence-corrected chi connectivity index (χ0v) is 12.7. The molecule has 1 aromatic rings. The molecule has 0 radical (unpaired) electrons. The monoisotopic (exact) mass is 296 g/mol. The van der Waals surface area contributed by atoms with E-state index in [2.05, 4.69) is 15.5 Å². The molecule has 0 spiro atoms. The van der Waals surface area contributed by atoms with Gasteiger partial charge in [0.1, 0.15) is 0 Å². The van der Waals surface area contributed by atoms with Crippen molar-refractivity contribution in [3.05, 3.63) is 11.7 Å². The number of carbonyl (C=O) groups is 1. The van der Waals surface area contributed by atoms with Gasteiger partial charge in [-0.2, -0.15) is 4.98 Å². The van der Waals surface area contributed by atoms with E-state index >= 15 is 0 Å². The Balaban J connectivity index is 2.00. The van der Waals surface area contributed by atoms with Crippen LogP contribution >= 0.6 is 0 Å². The molecule has 0 bridgehead atoms. The van der Waals surface area contributed by atoms with Crippen LogP contribution in [0.1, 0.15) is 56.8 Å². The number of likely N-dealkylation sites (tertiary alicyclic amines) is 1. The molecule has 21 heavy (non-hydrogen) atoms. The maximum atomic E-state index is 12.5. The SMILES string of the molecule is CCC(NC(=O)N1CCCCC1CCO)c1noc(C)n1. The van der Waals surface area contributed by atoms with Crippen LogP contribution in [-0.2, 0) is 0 Å². The Morgan fingerprint density at radius 2 is 2.38 bits per heavy atom. The Morgan fingerprint density at radius 1 is 1.57 bits per heavy atom. The molecule has 0 saturated carbocycles. The number of hydrogen-bond acceptors (Lipinski definition) is 5. The summed E-state index contributed by atoms with van der Waals surface area (Å²) in [5, 5.41) is 16.0. The van der Waals surface area contributed by atoms with Crippen LogP contribution in [0.15, 0.2) is 4.52 Å². The molecule has 118 valence electrons. The van der Waals surface area contributed by atoms with Crippen LogP contribution in [0.3, 0.4) is 0 Å². The second-order valence-electron chi connectivity index (χ2n) is 5.44. The number of nitrogens with zero attached hydrogens (tertiary/aromatic N) is 3. The number of piperidine rings is 1. The van der Waals surface area contributed by atoms with Crippen LogP contribution in [-0.4, -0.2) is 45.4 Å². The number of hydrogen-bond donors (Lipinski definition) is 2. The predicted octanol–water partition coefficient (Wildman–Crippen LogP) is 1.78. The average Bonchev–Trinajstić information content (AvgIpc) is 2.92. The van der Waals surface area contributed by atoms with E-state index in [1.54, 1.807) is 6.92 Å². The van der Waals surface area contributed by atoms with Gasteiger partial charge in [0.05, 0.1) is 6.04 Å². The Morgan fingerprint density at radius 3 is 3.00 bits per heavy atom. The highest BCUT2D eigenvalue weighted by Crippen LogP contribution is 2.21. The van der Waals surface area contributed by atoms with Crippen molar-refractivity contribution in [1.82, 2.24) is 20.4 Å². The van der Waals surface area contributed by atoms with Crippen LogP contribution in [0, 0.1) is 6.92 Å². The summed E-state index contributed by atoms with van der Waals surface area (Å²) in [6, 6.07) is -0.234. The molecular weight excluding hydrogens is 272 g/mol. The van der Waals surface area contributed by atoms with Crippen molar-refractivity contribution in [2.45, 2.75) is 58.0 Å². The van der Waals surface area contributed by atoms with Crippen molar-refractivity contribution >= 4 is 6.03 Å². The molecule has 7 nitrogen and oxygen atoms in total. The number of aryl methyl sites for hydroxylation is 1. The van der Waals surface area contributed by atoms with Gasteiger partial charge in [-0.15, -0.1) is 0 Å². The first kappa shape index (κ1) is 15.8. The maximum Gasteiger partial charge on any atom is 0.318 e. The van der Waals surface area contributed by atoms with Crippen molar-refractivity contribution in [3.8, 4) is 0 Å². The molecule has 1 aliphatic rings. The summed E-state index contributed by atoms with van der Waals surface area (Å²) >= 11 is 0. The molecule has 1 saturated heterocycles. The lowest BCUT2D eigenvalue weighted by atomic mass is 10.00. The fourth-order valence-electron chi connectivity index (χ4n) is 2.75. The van der Waals surface area contributed by atoms with E-state index < -0.39 is 0 Å². The zero-order valence-electron chi connectivity index (χ0n) is 12.7. The molecule has 2 N–H and O–H groups in total. The van der Waals surface area contributed by atoms with Crippen LogP contribution in [0.4, 0.5) is 4.79 Å². The fraction of sp³-hybridized carbons (Fsp3) is 0.786. The van der Waals surface area contributed by atoms with Gasteiger partial charge < -0.3 is 19.8 Å². The molecule has 0 aromatic carbocycles. The number of carbonyl (C=O) groups excluding carboxylic acids is 1. The average molecular weight is 296 g/mol. The standard InChI is InChI=1S/C14H24N4O3/c1-3-12(13-15-10(2)21-17-13)16-14(20)18-8-5-4-6-11(18)7-9-19/h11-12,19H,3-9H2,1-2H3,(H,16,20). The Kier molecular flexibility index (Phi) is 5.55. The van der Waals surface area contributed by atoms with Crippen LogP contribution in [0.2, 0.25) is 0 Å². The molecule has 1 fully saturated rings. The number of amides is 2. The van der Waals surface area contributed by atoms with Gasteiger partial charge in [0, 0.05) is 26.1 Å². The summed E-state index contributed by atoms with van der Waals surface area (Å²) in [4.78, 5) is 18.5. The molecular formula is C14H24N4O3. The van der Waals surface area contributed by atoms with Crippen LogP contribution < -0.4 is 5.32 Å². The van der Waals surface area contributed by atoms with Gasteiger partial charge >= 0.3 is 6.03 Å². The van der Waals surface area contributed by atoms with Gasteiger partial charge in [-0.25, -0.2) is 4.79 Å². The largest absolute Gasteiger partial charge is 0.396 e. The third kappa shape index (κ3) is 3.93. The quantitative estimate of drug-likeness (QED) is 0.864. The first-order valence-electron chi connectivity index (χ1n) is 7.64. The third-order valence-corrected chi connectivity index (χ3v) is 3.91. The Hall–Kier alpha value is -1.63. The van der Waals surface area contributed by atoms with Crippen molar-refractivity contribution in [2.75, 3.05) is 13.2 Å². The van der Waals surface area contributed by atoms with E-state index in [9.17, 15) is 4.79 Å². The number of urea groups is 1. The molecule has 2 unspecified atom stereocenters. The van der Waals surface area contributed by atoms with E-state index in [4.69, 9.17) is 9.63 Å². The minimum absolute atomic E-state index is 0.107. The summed E-state index contributed by atoms with van der Waals surface area (Å²) in [7, 11) is 0. The number of nitrogens with one attached hydrogen (secondary N) is 1. The molecule has 2 atom stereocenters. The van der Waals surface area contributed by atoms with Crippen LogP contribution in [0.5, 0.6) is 0 Å². The van der Waals surface area contributed by atoms with E-state index in [0.717, 1.165) is 25.8 Å². The molecule has 7 heteroatoms. The van der Waals surface area contributed by atoms with Crippen molar-refractivity contribution in [1.29, 1.82) is 0 Å². The summed E-state index contributed by atoms with van der Waals surface area (Å²) in [6.07, 6.45) is 4.39. The fourth-order valence-corrected chi connectivity index (χ4v) is 2.75. The van der Waals surface area contributed by atoms with E-state index in [1.165, 1.54) is 0 Å². The van der Waals surface area contributed by atoms with Crippen molar-refractivity contribution in [3.63, 3.8) is 0 Å². The van der Waals surface area contributed by atoms with E-state index in [1.807, 2.05) is 11.8 Å². The number of aliphatic hydroxyl groups is 1. The molecule has 2 rings (SSSR count). The minimum atomic E-state index is -0.244. The van der Waals surface area contributed by atoms with E-state index in [-0.39, 0.29) is 24.7 Å². The number of aromatic nitrogens is 2. The highest BCUT2D eigenvalue weighted by molar-refractivity contribution is 5.75. The lowest BCUT2D eigenvalue weighted by Gasteiger charge is -2.36. The third-order valence-electron chi connectivity index (χ3n) is 3.91. The van der Waals surface area contributed by atoms with Crippen molar-refractivity contribution < 1.29 is 14.4 Å². The highest BCUT2D eigenvalue weighted by atomic mass is 16.5. The van der Waals surface area contributed by atoms with Gasteiger partial charge in [0.15, 0.2) is 5.82 Å². The van der Waals surface area contributed by atoms with Gasteiger partial charge in [-0.05, 0) is 32.1 Å². The number of aliphatic hydroxyl groups excluding tert-OH is 1. The van der Waals surface area contributed by atoms with E-state index in [0.29, 0.717) is 24.6 Å². The molecule has 2 heterocycles. The first-order chi connectivity index (χ1) is 10.2. The minimum Gasteiger partial charge on any atom is -0.396 e. The Labute approximate surface area is 124 Å². The lowest BCUT2D eigenvalue weighted by molar-refractivity contribution is 0.129. The lowest BCUT2D eigenvalue weighted by Crippen LogP contribution is -2.49. The molecule has 0 aliphatic carbocycles. The predicted molar refractivity (Wildman–Crippen MR) is 76.6 cm³/mol. The normalized spacial score (nSPS) is 20.3. The first-order valence-corrected chi connectivity index (χ1v) is 7.64. The zero-order chi connectivity index (χ0) is 15.2. The number of rotatable bonds is 5. The molecule has 1 aromatic heterocycles. The summed E-state index contributed by atoms with van der Waals surface area (Å²) in [5.74, 6) is 1.01. The van der Waals surface area contributed by atoms with Gasteiger partial charge in [-0.1, -0.05) is 12.1 Å². The maximum absolute atomic E-state index is 12.5. The molecule has 1 aliphatic heterocycles. The topological polar surface area (TPSA) is 91.5 Å².